The van der Waals surface area contributed by atoms with Crippen molar-refractivity contribution in [1.29, 1.82) is 0 Å². The summed E-state index contributed by atoms with van der Waals surface area (Å²) < 4.78 is 1.88. The third-order valence-electron chi connectivity index (χ3n) is 3.35. The quantitative estimate of drug-likeness (QED) is 0.637. The molecule has 1 aromatic carbocycles. The highest BCUT2D eigenvalue weighted by molar-refractivity contribution is 5.79. The Morgan fingerprint density at radius 1 is 1.23 bits per heavy atom. The second kappa shape index (κ2) is 8.22. The number of hydrogen-bond acceptors (Lipinski definition) is 2. The van der Waals surface area contributed by atoms with Crippen LogP contribution >= 0.6 is 0 Å². The van der Waals surface area contributed by atoms with E-state index in [-0.39, 0.29) is 0 Å². The molecule has 0 bridgehead atoms. The van der Waals surface area contributed by atoms with Gasteiger partial charge >= 0.3 is 0 Å². The second-order valence-corrected chi connectivity index (χ2v) is 5.66. The van der Waals surface area contributed by atoms with Crippen molar-refractivity contribution in [2.24, 2.45) is 10.9 Å². The maximum atomic E-state index is 4.39. The Kier molecular flexibility index (Phi) is 6.01. The van der Waals surface area contributed by atoms with Gasteiger partial charge < -0.3 is 10.6 Å². The van der Waals surface area contributed by atoms with E-state index in [9.17, 15) is 0 Å². The molecule has 0 spiro atoms. The van der Waals surface area contributed by atoms with Crippen molar-refractivity contribution in [1.82, 2.24) is 20.4 Å². The van der Waals surface area contributed by atoms with Crippen LogP contribution in [0.3, 0.4) is 0 Å². The smallest absolute Gasteiger partial charge is 0.191 e. The number of hydrogen-bond donors (Lipinski definition) is 2. The fourth-order valence-corrected chi connectivity index (χ4v) is 2.06. The van der Waals surface area contributed by atoms with Gasteiger partial charge in [0.25, 0.3) is 0 Å². The zero-order valence-electron chi connectivity index (χ0n) is 13.6. The minimum Gasteiger partial charge on any atom is -0.356 e. The number of guanidine groups is 1. The zero-order valence-corrected chi connectivity index (χ0v) is 13.6. The van der Waals surface area contributed by atoms with Gasteiger partial charge in [0, 0.05) is 31.9 Å². The molecular weight excluding hydrogens is 274 g/mol. The fraction of sp³-hybridized carbons (Fsp3) is 0.412. The fourth-order valence-electron chi connectivity index (χ4n) is 2.06. The second-order valence-electron chi connectivity index (χ2n) is 5.66. The first-order valence-electron chi connectivity index (χ1n) is 7.72. The van der Waals surface area contributed by atoms with Crippen molar-refractivity contribution in [2.45, 2.75) is 26.8 Å². The van der Waals surface area contributed by atoms with Gasteiger partial charge in [0.1, 0.15) is 0 Å². The minimum atomic E-state index is 0.690. The van der Waals surface area contributed by atoms with E-state index in [0.717, 1.165) is 30.2 Å². The highest BCUT2D eigenvalue weighted by Crippen LogP contribution is 2.07. The molecule has 0 radical (unpaired) electrons. The predicted octanol–water partition coefficient (Wildman–Crippen LogP) is 2.58. The number of benzene rings is 1. The van der Waals surface area contributed by atoms with Gasteiger partial charge in [0.05, 0.1) is 11.9 Å². The molecular formula is C17H25N5. The van der Waals surface area contributed by atoms with Crippen molar-refractivity contribution >= 4 is 5.96 Å². The lowest BCUT2D eigenvalue weighted by molar-refractivity contribution is 0.573. The molecule has 0 aliphatic rings. The summed E-state index contributed by atoms with van der Waals surface area (Å²) in [5.41, 5.74) is 2.18. The first kappa shape index (κ1) is 16.1. The van der Waals surface area contributed by atoms with Crippen LogP contribution in [0.2, 0.25) is 0 Å². The van der Waals surface area contributed by atoms with Crippen LogP contribution in [0, 0.1) is 5.92 Å². The topological polar surface area (TPSA) is 54.2 Å². The van der Waals surface area contributed by atoms with Crippen molar-refractivity contribution in [3.63, 3.8) is 0 Å². The molecule has 5 heteroatoms. The molecule has 22 heavy (non-hydrogen) atoms. The van der Waals surface area contributed by atoms with Gasteiger partial charge in [0.15, 0.2) is 5.96 Å². The largest absolute Gasteiger partial charge is 0.356 e. The lowest BCUT2D eigenvalue weighted by Crippen LogP contribution is -2.37. The molecule has 2 N–H and O–H groups in total. The summed E-state index contributed by atoms with van der Waals surface area (Å²) >= 11 is 0. The first-order valence-corrected chi connectivity index (χ1v) is 7.72. The average Bonchev–Trinajstić information content (AvgIpc) is 3.00. The maximum Gasteiger partial charge on any atom is 0.191 e. The summed E-state index contributed by atoms with van der Waals surface area (Å²) in [6, 6.07) is 10.1. The monoisotopic (exact) mass is 299 g/mol. The lowest BCUT2D eigenvalue weighted by atomic mass is 10.1. The number of nitrogens with one attached hydrogen (secondary N) is 2. The Morgan fingerprint density at radius 3 is 2.68 bits per heavy atom. The molecule has 5 nitrogen and oxygen atoms in total. The molecule has 2 rings (SSSR count). The molecule has 0 fully saturated rings. The molecule has 0 unspecified atom stereocenters. The molecule has 0 amide bonds. The molecule has 0 atom stereocenters. The highest BCUT2D eigenvalue weighted by Gasteiger charge is 2.03. The van der Waals surface area contributed by atoms with Crippen molar-refractivity contribution in [2.75, 3.05) is 13.6 Å². The van der Waals surface area contributed by atoms with Gasteiger partial charge in [-0.25, -0.2) is 4.68 Å². The highest BCUT2D eigenvalue weighted by atomic mass is 15.3. The third-order valence-corrected chi connectivity index (χ3v) is 3.35. The van der Waals surface area contributed by atoms with Crippen molar-refractivity contribution < 1.29 is 0 Å². The van der Waals surface area contributed by atoms with Crippen molar-refractivity contribution in [3.05, 3.63) is 48.3 Å². The van der Waals surface area contributed by atoms with E-state index < -0.39 is 0 Å². The summed E-state index contributed by atoms with van der Waals surface area (Å²) in [4.78, 5) is 4.23. The lowest BCUT2D eigenvalue weighted by Gasteiger charge is -2.12. The molecule has 0 saturated carbocycles. The van der Waals surface area contributed by atoms with Crippen LogP contribution in [-0.4, -0.2) is 29.3 Å². The SMILES string of the molecule is CN=C(NCCC(C)C)NCc1cnn(-c2ccccc2)c1. The van der Waals surface area contributed by atoms with E-state index in [1.807, 2.05) is 47.4 Å². The van der Waals surface area contributed by atoms with E-state index in [1.165, 1.54) is 0 Å². The number of rotatable bonds is 6. The predicted molar refractivity (Wildman–Crippen MR) is 91.2 cm³/mol. The molecule has 0 aliphatic carbocycles. The normalized spacial score (nSPS) is 11.7. The first-order chi connectivity index (χ1) is 10.7. The molecule has 0 saturated heterocycles. The van der Waals surface area contributed by atoms with E-state index in [4.69, 9.17) is 0 Å². The Balaban J connectivity index is 1.85. The van der Waals surface area contributed by atoms with Crippen LogP contribution in [0.1, 0.15) is 25.8 Å². The standard InChI is InChI=1S/C17H25N5/c1-14(2)9-10-19-17(18-3)20-11-15-12-21-22(13-15)16-7-5-4-6-8-16/h4-8,12-14H,9-11H2,1-3H3,(H2,18,19,20). The van der Waals surface area contributed by atoms with E-state index in [0.29, 0.717) is 12.5 Å². The molecule has 0 aliphatic heterocycles. The zero-order chi connectivity index (χ0) is 15.8. The average molecular weight is 299 g/mol. The van der Waals surface area contributed by atoms with Crippen LogP contribution < -0.4 is 10.6 Å². The molecule has 2 aromatic rings. The van der Waals surface area contributed by atoms with Gasteiger partial charge in [-0.1, -0.05) is 32.0 Å². The summed E-state index contributed by atoms with van der Waals surface area (Å²) in [6.07, 6.45) is 5.04. The van der Waals surface area contributed by atoms with Crippen LogP contribution in [0.15, 0.2) is 47.7 Å². The Hall–Kier alpha value is -2.30. The number of aliphatic imine (C=N–C) groups is 1. The van der Waals surface area contributed by atoms with E-state index >= 15 is 0 Å². The number of para-hydroxylation sites is 1. The summed E-state index contributed by atoms with van der Waals surface area (Å²) in [7, 11) is 1.79. The molecule has 1 aromatic heterocycles. The summed E-state index contributed by atoms with van der Waals surface area (Å²) in [6.45, 7) is 6.07. The Morgan fingerprint density at radius 2 is 2.00 bits per heavy atom. The van der Waals surface area contributed by atoms with Gasteiger partial charge in [0.2, 0.25) is 0 Å². The van der Waals surface area contributed by atoms with Crippen molar-refractivity contribution in [3.8, 4) is 5.69 Å². The summed E-state index contributed by atoms with van der Waals surface area (Å²) in [5.74, 6) is 1.52. The van der Waals surface area contributed by atoms with Crippen LogP contribution in [-0.2, 0) is 6.54 Å². The van der Waals surface area contributed by atoms with Gasteiger partial charge in [-0.15, -0.1) is 0 Å². The van der Waals surface area contributed by atoms with Crippen LogP contribution in [0.25, 0.3) is 5.69 Å². The maximum absolute atomic E-state index is 4.39. The van der Waals surface area contributed by atoms with Gasteiger partial charge in [-0.2, -0.15) is 5.10 Å². The molecule has 118 valence electrons. The van der Waals surface area contributed by atoms with E-state index in [2.05, 4.69) is 34.6 Å². The number of nitrogens with zero attached hydrogens (tertiary/aromatic N) is 3. The third kappa shape index (κ3) is 4.91. The minimum absolute atomic E-state index is 0.690. The Bertz CT molecular complexity index is 586. The van der Waals surface area contributed by atoms with E-state index in [1.54, 1.807) is 7.05 Å². The Labute approximate surface area is 132 Å². The van der Waals surface area contributed by atoms with Gasteiger partial charge in [-0.05, 0) is 24.5 Å². The molecule has 1 heterocycles. The summed E-state index contributed by atoms with van der Waals surface area (Å²) in [5, 5.41) is 11.0. The van der Waals surface area contributed by atoms with Crippen LogP contribution in [0.4, 0.5) is 0 Å². The number of aromatic nitrogens is 2. The van der Waals surface area contributed by atoms with Crippen LogP contribution in [0.5, 0.6) is 0 Å². The van der Waals surface area contributed by atoms with Gasteiger partial charge in [-0.3, -0.25) is 4.99 Å².